The lowest BCUT2D eigenvalue weighted by Gasteiger charge is -2.48. The number of carbonyl (C=O) groups excluding carboxylic acids is 1. The average Bonchev–Trinajstić information content (AvgIpc) is 2.84. The van der Waals surface area contributed by atoms with E-state index in [9.17, 15) is 14.9 Å². The third kappa shape index (κ3) is 4.32. The van der Waals surface area contributed by atoms with Gasteiger partial charge in [-0.25, -0.2) is 0 Å². The van der Waals surface area contributed by atoms with Crippen molar-refractivity contribution in [2.75, 3.05) is 44.2 Å². The molecular weight excluding hydrogens is 416 g/mol. The molecule has 5 rings (SSSR count). The lowest BCUT2D eigenvalue weighted by atomic mass is 10.0. The summed E-state index contributed by atoms with van der Waals surface area (Å²) in [4.78, 5) is 30.3. The van der Waals surface area contributed by atoms with Crippen LogP contribution in [0.25, 0.3) is 11.1 Å². The monoisotopic (exact) mass is 442 g/mol. The van der Waals surface area contributed by atoms with Gasteiger partial charge in [0.2, 0.25) is 0 Å². The Kier molecular flexibility index (Phi) is 5.79. The van der Waals surface area contributed by atoms with Crippen LogP contribution in [0.2, 0.25) is 0 Å². The normalized spacial score (nSPS) is 17.0. The Hall–Kier alpha value is -3.71. The molecule has 33 heavy (non-hydrogen) atoms. The third-order valence-electron chi connectivity index (χ3n) is 6.64. The van der Waals surface area contributed by atoms with E-state index < -0.39 is 0 Å². The molecule has 0 saturated carbocycles. The topological polar surface area (TPSA) is 69.9 Å². The minimum absolute atomic E-state index is 0.0735. The lowest BCUT2D eigenvalue weighted by Crippen LogP contribution is -2.64. The quantitative estimate of drug-likeness (QED) is 0.443. The average molecular weight is 443 g/mol. The molecule has 3 aromatic rings. The first-order chi connectivity index (χ1) is 16.1. The Morgan fingerprint density at radius 2 is 1.39 bits per heavy atom. The van der Waals surface area contributed by atoms with Crippen LogP contribution in [0.3, 0.4) is 0 Å². The number of nitro groups is 1. The molecule has 0 spiro atoms. The van der Waals surface area contributed by atoms with E-state index in [1.807, 2.05) is 59.5 Å². The summed E-state index contributed by atoms with van der Waals surface area (Å²) >= 11 is 0. The Morgan fingerprint density at radius 1 is 0.788 bits per heavy atom. The maximum atomic E-state index is 12.9. The lowest BCUT2D eigenvalue weighted by molar-refractivity contribution is -0.384. The zero-order valence-corrected chi connectivity index (χ0v) is 18.3. The Labute approximate surface area is 193 Å². The summed E-state index contributed by atoms with van der Waals surface area (Å²) in [7, 11) is 0. The van der Waals surface area contributed by atoms with Crippen LogP contribution in [0.15, 0.2) is 78.9 Å². The smallest absolute Gasteiger partial charge is 0.292 e. The molecule has 7 nitrogen and oxygen atoms in total. The molecule has 0 N–H and O–H groups in total. The fourth-order valence-corrected chi connectivity index (χ4v) is 4.68. The number of nitrogens with zero attached hydrogens (tertiary/aromatic N) is 4. The Morgan fingerprint density at radius 3 is 2.06 bits per heavy atom. The van der Waals surface area contributed by atoms with Crippen molar-refractivity contribution in [3.05, 3.63) is 94.5 Å². The van der Waals surface area contributed by atoms with Gasteiger partial charge in [-0.15, -0.1) is 0 Å². The molecule has 2 aliphatic heterocycles. The summed E-state index contributed by atoms with van der Waals surface area (Å²) in [6.45, 7) is 4.62. The summed E-state index contributed by atoms with van der Waals surface area (Å²) < 4.78 is 0. The van der Waals surface area contributed by atoms with Gasteiger partial charge < -0.3 is 9.80 Å². The highest BCUT2D eigenvalue weighted by molar-refractivity contribution is 5.95. The molecule has 0 unspecified atom stereocenters. The molecule has 168 valence electrons. The summed E-state index contributed by atoms with van der Waals surface area (Å²) in [5.41, 5.74) is 3.80. The highest BCUT2D eigenvalue weighted by atomic mass is 16.6. The summed E-state index contributed by atoms with van der Waals surface area (Å²) in [5.74, 6) is 0.0735. The number of hydrogen-bond donors (Lipinski definition) is 0. The maximum absolute atomic E-state index is 12.9. The van der Waals surface area contributed by atoms with E-state index in [4.69, 9.17) is 0 Å². The van der Waals surface area contributed by atoms with Crippen molar-refractivity contribution in [2.24, 2.45) is 0 Å². The molecular formula is C26H26N4O3. The van der Waals surface area contributed by atoms with Gasteiger partial charge in [0.05, 0.1) is 4.92 Å². The molecule has 2 fully saturated rings. The van der Waals surface area contributed by atoms with Gasteiger partial charge in [-0.1, -0.05) is 54.6 Å². The van der Waals surface area contributed by atoms with Crippen LogP contribution < -0.4 is 4.90 Å². The minimum Gasteiger partial charge on any atom is -0.363 e. The standard InChI is InChI=1S/C26H26N4O3/c31-26(22-12-10-21(11-13-22)20-6-2-1-3-7-20)29-18-23(19-29)27-14-16-28(17-15-27)24-8-4-5-9-25(24)30(32)33/h1-13,23H,14-19H2. The SMILES string of the molecule is O=C(c1ccc(-c2ccccc2)cc1)N1CC(N2CCN(c3ccccc3[N+](=O)[O-])CC2)C1. The number of amides is 1. The highest BCUT2D eigenvalue weighted by Crippen LogP contribution is 2.29. The van der Waals surface area contributed by atoms with E-state index in [1.54, 1.807) is 12.1 Å². The van der Waals surface area contributed by atoms with E-state index in [0.29, 0.717) is 17.3 Å². The molecule has 0 aliphatic carbocycles. The molecule has 0 atom stereocenters. The molecule has 7 heteroatoms. The summed E-state index contributed by atoms with van der Waals surface area (Å²) in [5, 5.41) is 11.3. The molecule has 1 amide bonds. The van der Waals surface area contributed by atoms with Crippen molar-refractivity contribution >= 4 is 17.3 Å². The van der Waals surface area contributed by atoms with Gasteiger partial charge in [0, 0.05) is 56.9 Å². The molecule has 0 aromatic heterocycles. The summed E-state index contributed by atoms with van der Waals surface area (Å²) in [6.07, 6.45) is 0. The van der Waals surface area contributed by atoms with Crippen molar-refractivity contribution in [2.45, 2.75) is 6.04 Å². The maximum Gasteiger partial charge on any atom is 0.292 e. The number of piperazine rings is 1. The Balaban J connectivity index is 1.14. The van der Waals surface area contributed by atoms with Crippen LogP contribution in [-0.2, 0) is 0 Å². The number of likely N-dealkylation sites (tertiary alicyclic amines) is 1. The molecule has 3 aromatic carbocycles. The van der Waals surface area contributed by atoms with Gasteiger partial charge in [0.25, 0.3) is 11.6 Å². The zero-order valence-electron chi connectivity index (χ0n) is 18.3. The van der Waals surface area contributed by atoms with E-state index in [1.165, 1.54) is 0 Å². The van der Waals surface area contributed by atoms with Crippen molar-refractivity contribution in [1.82, 2.24) is 9.80 Å². The molecule has 0 radical (unpaired) electrons. The first-order valence-electron chi connectivity index (χ1n) is 11.3. The van der Waals surface area contributed by atoms with Crippen molar-refractivity contribution in [1.29, 1.82) is 0 Å². The predicted octanol–water partition coefficient (Wildman–Crippen LogP) is 3.91. The second-order valence-electron chi connectivity index (χ2n) is 8.58. The van der Waals surface area contributed by atoms with E-state index in [2.05, 4.69) is 21.9 Å². The van der Waals surface area contributed by atoms with Crippen LogP contribution in [-0.4, -0.2) is 65.9 Å². The van der Waals surface area contributed by atoms with Crippen molar-refractivity contribution < 1.29 is 9.72 Å². The highest BCUT2D eigenvalue weighted by Gasteiger charge is 2.36. The van der Waals surface area contributed by atoms with E-state index in [0.717, 1.165) is 50.4 Å². The minimum atomic E-state index is -0.316. The van der Waals surface area contributed by atoms with Gasteiger partial charge in [0.1, 0.15) is 5.69 Å². The largest absolute Gasteiger partial charge is 0.363 e. The van der Waals surface area contributed by atoms with E-state index >= 15 is 0 Å². The van der Waals surface area contributed by atoms with Gasteiger partial charge in [-0.3, -0.25) is 19.8 Å². The molecule has 2 heterocycles. The summed E-state index contributed by atoms with van der Waals surface area (Å²) in [6, 6.07) is 25.2. The van der Waals surface area contributed by atoms with Gasteiger partial charge >= 0.3 is 0 Å². The van der Waals surface area contributed by atoms with Crippen LogP contribution in [0.4, 0.5) is 11.4 Å². The number of carbonyl (C=O) groups is 1. The van der Waals surface area contributed by atoms with Crippen LogP contribution in [0.5, 0.6) is 0 Å². The predicted molar refractivity (Wildman–Crippen MR) is 128 cm³/mol. The van der Waals surface area contributed by atoms with Gasteiger partial charge in [0.15, 0.2) is 0 Å². The third-order valence-corrected chi connectivity index (χ3v) is 6.64. The van der Waals surface area contributed by atoms with Gasteiger partial charge in [-0.05, 0) is 29.3 Å². The van der Waals surface area contributed by atoms with Crippen LogP contribution >= 0.6 is 0 Å². The van der Waals surface area contributed by atoms with Crippen LogP contribution in [0.1, 0.15) is 10.4 Å². The molecule has 0 bridgehead atoms. The van der Waals surface area contributed by atoms with Crippen LogP contribution in [0, 0.1) is 10.1 Å². The van der Waals surface area contributed by atoms with Crippen molar-refractivity contribution in [3.8, 4) is 11.1 Å². The number of hydrogen-bond acceptors (Lipinski definition) is 5. The number of para-hydroxylation sites is 2. The first kappa shape index (κ1) is 21.2. The van der Waals surface area contributed by atoms with Crippen molar-refractivity contribution in [3.63, 3.8) is 0 Å². The number of benzene rings is 3. The van der Waals surface area contributed by atoms with E-state index in [-0.39, 0.29) is 16.5 Å². The molecule has 2 aliphatic rings. The number of nitro benzene ring substituents is 1. The molecule has 2 saturated heterocycles. The fraction of sp³-hybridized carbons (Fsp3) is 0.269. The number of rotatable bonds is 5. The first-order valence-corrected chi connectivity index (χ1v) is 11.3. The zero-order chi connectivity index (χ0) is 22.8. The van der Waals surface area contributed by atoms with Gasteiger partial charge in [-0.2, -0.15) is 0 Å². The number of anilines is 1. The second kappa shape index (κ2) is 9.03. The Bertz CT molecular complexity index is 1140. The second-order valence-corrected chi connectivity index (χ2v) is 8.58. The fourth-order valence-electron chi connectivity index (χ4n) is 4.68.